The predicted octanol–water partition coefficient (Wildman–Crippen LogP) is 17.2. The van der Waals surface area contributed by atoms with Crippen LogP contribution in [0, 0.1) is 52.3 Å². The highest BCUT2D eigenvalue weighted by Crippen LogP contribution is 2.67. The van der Waals surface area contributed by atoms with Crippen LogP contribution in [0.2, 0.25) is 0 Å². The van der Waals surface area contributed by atoms with Crippen molar-refractivity contribution in [1.29, 1.82) is 0 Å². The van der Waals surface area contributed by atoms with Crippen molar-refractivity contribution in [1.82, 2.24) is 0 Å². The number of carbonyl (C=O) groups excluding carboxylic acids is 1. The molecule has 0 amide bonds. The number of rotatable bonds is 29. The minimum atomic E-state index is 0.0680. The van der Waals surface area contributed by atoms with Gasteiger partial charge >= 0.3 is 5.97 Å². The van der Waals surface area contributed by atoms with Gasteiger partial charge in [-0.1, -0.05) is 208 Å². The Labute approximate surface area is 344 Å². The van der Waals surface area contributed by atoms with Crippen molar-refractivity contribution >= 4 is 5.97 Å². The van der Waals surface area contributed by atoms with Crippen LogP contribution in [-0.2, 0) is 9.53 Å². The number of carbonyl (C=O) groups is 1. The van der Waals surface area contributed by atoms with Crippen LogP contribution in [0.1, 0.15) is 260 Å². The minimum absolute atomic E-state index is 0.0680. The number of hydrogen-bond donors (Lipinski definition) is 0. The fourth-order valence-electron chi connectivity index (χ4n) is 12.9. The second-order valence-electron chi connectivity index (χ2n) is 21.3. The third-order valence-electron chi connectivity index (χ3n) is 17.1. The van der Waals surface area contributed by atoms with Gasteiger partial charge in [-0.15, -0.1) is 0 Å². The topological polar surface area (TPSA) is 26.3 Å². The largest absolute Gasteiger partial charge is 0.462 e. The lowest BCUT2D eigenvalue weighted by atomic mass is 9.47. The molecule has 0 saturated heterocycles. The smallest absolute Gasteiger partial charge is 0.306 e. The van der Waals surface area contributed by atoms with Crippen molar-refractivity contribution < 1.29 is 9.53 Å². The maximum Gasteiger partial charge on any atom is 0.306 e. The zero-order chi connectivity index (χ0) is 39.5. The number of unbranched alkanes of at least 4 members (excludes halogenated alkanes) is 21. The van der Waals surface area contributed by atoms with E-state index in [9.17, 15) is 4.79 Å². The summed E-state index contributed by atoms with van der Waals surface area (Å²) in [6.07, 6.45) is 47.3. The van der Waals surface area contributed by atoms with Gasteiger partial charge in [-0.25, -0.2) is 0 Å². The Morgan fingerprint density at radius 1 is 0.655 bits per heavy atom. The van der Waals surface area contributed by atoms with Crippen LogP contribution in [0.5, 0.6) is 0 Å². The highest BCUT2D eigenvalue weighted by molar-refractivity contribution is 5.69. The molecular weight excluding hydrogens is 669 g/mol. The average molecular weight is 765 g/mol. The molecule has 0 radical (unpaired) electrons. The molecule has 0 aromatic carbocycles. The van der Waals surface area contributed by atoms with Crippen molar-refractivity contribution in [2.24, 2.45) is 52.3 Å². The predicted molar refractivity (Wildman–Crippen MR) is 239 cm³/mol. The van der Waals surface area contributed by atoms with Crippen LogP contribution in [0.15, 0.2) is 11.6 Å². The highest BCUT2D eigenvalue weighted by Gasteiger charge is 2.59. The van der Waals surface area contributed by atoms with E-state index in [0.29, 0.717) is 17.3 Å². The van der Waals surface area contributed by atoms with Crippen molar-refractivity contribution in [3.8, 4) is 0 Å². The first kappa shape index (κ1) is 46.9. The summed E-state index contributed by atoms with van der Waals surface area (Å²) in [7, 11) is 0. The van der Waals surface area contributed by atoms with E-state index < -0.39 is 0 Å². The van der Waals surface area contributed by atoms with E-state index in [1.165, 1.54) is 186 Å². The van der Waals surface area contributed by atoms with E-state index in [4.69, 9.17) is 4.74 Å². The van der Waals surface area contributed by atoms with Gasteiger partial charge in [-0.3, -0.25) is 4.79 Å². The first-order valence-corrected chi connectivity index (χ1v) is 25.5. The van der Waals surface area contributed by atoms with Gasteiger partial charge in [-0.2, -0.15) is 0 Å². The number of ether oxygens (including phenoxy) is 1. The summed E-state index contributed by atoms with van der Waals surface area (Å²) >= 11 is 0. The van der Waals surface area contributed by atoms with Crippen LogP contribution >= 0.6 is 0 Å². The van der Waals surface area contributed by atoms with Gasteiger partial charge in [0.15, 0.2) is 0 Å². The van der Waals surface area contributed by atoms with Gasteiger partial charge in [0.25, 0.3) is 0 Å². The molecule has 2 heteroatoms. The first-order valence-electron chi connectivity index (χ1n) is 25.5. The SMILES string of the molecule is CCCCCCCCCCCCCCCCCCCCCCCCC(=O)OC1CCC2(C)C(=CCC3C2CCC2(C)C(C(C)CCC(C)C(C)C)CCC32)C1. The molecule has 55 heavy (non-hydrogen) atoms. The summed E-state index contributed by atoms with van der Waals surface area (Å²) in [5.41, 5.74) is 2.52. The van der Waals surface area contributed by atoms with Gasteiger partial charge in [0, 0.05) is 12.8 Å². The quantitative estimate of drug-likeness (QED) is 0.0431. The van der Waals surface area contributed by atoms with Crippen molar-refractivity contribution in [2.75, 3.05) is 0 Å². The molecule has 0 aromatic rings. The maximum atomic E-state index is 12.9. The molecule has 9 atom stereocenters. The summed E-state index contributed by atoms with van der Waals surface area (Å²) in [5.74, 6) is 6.11. The molecule has 9 unspecified atom stereocenters. The molecule has 0 spiro atoms. The number of allylic oxidation sites excluding steroid dienone is 1. The van der Waals surface area contributed by atoms with Crippen molar-refractivity contribution in [3.63, 3.8) is 0 Å². The molecule has 320 valence electrons. The fraction of sp³-hybridized carbons (Fsp3) is 0.943. The van der Waals surface area contributed by atoms with Gasteiger partial charge in [0.05, 0.1) is 0 Å². The number of esters is 1. The average Bonchev–Trinajstić information content (AvgIpc) is 3.53. The van der Waals surface area contributed by atoms with Crippen LogP contribution in [0.4, 0.5) is 0 Å². The molecular formula is C53H96O2. The van der Waals surface area contributed by atoms with Gasteiger partial charge < -0.3 is 4.74 Å². The van der Waals surface area contributed by atoms with E-state index in [1.807, 2.05) is 0 Å². The molecule has 3 saturated carbocycles. The summed E-state index contributed by atoms with van der Waals surface area (Å²) in [4.78, 5) is 12.9. The Balaban J connectivity index is 1.00. The Morgan fingerprint density at radius 3 is 1.71 bits per heavy atom. The molecule has 0 aromatic heterocycles. The summed E-state index contributed by atoms with van der Waals surface area (Å²) in [5, 5.41) is 0. The molecule has 2 nitrogen and oxygen atoms in total. The zero-order valence-corrected chi connectivity index (χ0v) is 38.3. The molecule has 4 aliphatic rings. The molecule has 4 aliphatic carbocycles. The van der Waals surface area contributed by atoms with Crippen LogP contribution in [0.3, 0.4) is 0 Å². The van der Waals surface area contributed by atoms with Crippen molar-refractivity contribution in [3.05, 3.63) is 11.6 Å². The molecule has 4 rings (SSSR count). The Kier molecular flexibility index (Phi) is 21.3. The second kappa shape index (κ2) is 25.0. The Bertz CT molecular complexity index is 1070. The van der Waals surface area contributed by atoms with E-state index in [1.54, 1.807) is 5.57 Å². The molecule has 0 heterocycles. The zero-order valence-electron chi connectivity index (χ0n) is 38.3. The van der Waals surface area contributed by atoms with Gasteiger partial charge in [0.2, 0.25) is 0 Å². The van der Waals surface area contributed by atoms with E-state index in [0.717, 1.165) is 60.7 Å². The first-order chi connectivity index (χ1) is 26.6. The van der Waals surface area contributed by atoms with Gasteiger partial charge in [0.1, 0.15) is 6.10 Å². The van der Waals surface area contributed by atoms with Crippen LogP contribution in [-0.4, -0.2) is 12.1 Å². The highest BCUT2D eigenvalue weighted by atomic mass is 16.5. The third-order valence-corrected chi connectivity index (χ3v) is 17.1. The second-order valence-corrected chi connectivity index (χ2v) is 21.3. The van der Waals surface area contributed by atoms with Crippen molar-refractivity contribution in [2.45, 2.75) is 266 Å². The van der Waals surface area contributed by atoms with Gasteiger partial charge in [-0.05, 0) is 104 Å². The van der Waals surface area contributed by atoms with E-state index in [-0.39, 0.29) is 12.1 Å². The number of fused-ring (bicyclic) bond motifs is 5. The lowest BCUT2D eigenvalue weighted by molar-refractivity contribution is -0.151. The van der Waals surface area contributed by atoms with Crippen LogP contribution in [0.25, 0.3) is 0 Å². The third kappa shape index (κ3) is 14.5. The molecule has 0 N–H and O–H groups in total. The lowest BCUT2D eigenvalue weighted by Gasteiger charge is -2.58. The minimum Gasteiger partial charge on any atom is -0.462 e. The monoisotopic (exact) mass is 765 g/mol. The normalized spacial score (nSPS) is 30.0. The van der Waals surface area contributed by atoms with Crippen LogP contribution < -0.4 is 0 Å². The number of hydrogen-bond acceptors (Lipinski definition) is 2. The maximum absolute atomic E-state index is 12.9. The molecule has 0 bridgehead atoms. The molecule has 3 fully saturated rings. The standard InChI is InChI=1S/C53H96O2/c1-8-9-10-11-12-13-14-15-16-17-18-19-20-21-22-23-24-25-26-27-28-29-30-51(54)55-46-37-39-52(6)45(41-46)33-34-47-49-36-35-48(53(49,7)40-38-50(47)52)44(5)32-31-43(4)42(2)3/h33,42-44,46-50H,8-32,34-41H2,1-7H3. The molecule has 0 aliphatic heterocycles. The Morgan fingerprint density at radius 2 is 1.18 bits per heavy atom. The summed E-state index contributed by atoms with van der Waals surface area (Å²) in [6, 6.07) is 0. The summed E-state index contributed by atoms with van der Waals surface area (Å²) in [6.45, 7) is 17.5. The fourth-order valence-corrected chi connectivity index (χ4v) is 12.9. The summed E-state index contributed by atoms with van der Waals surface area (Å²) < 4.78 is 6.17. The lowest BCUT2D eigenvalue weighted by Crippen LogP contribution is -2.51. The van der Waals surface area contributed by atoms with E-state index in [2.05, 4.69) is 54.5 Å². The van der Waals surface area contributed by atoms with E-state index >= 15 is 0 Å². The Hall–Kier alpha value is -0.790.